The van der Waals surface area contributed by atoms with Crippen LogP contribution >= 0.6 is 23.4 Å². The summed E-state index contributed by atoms with van der Waals surface area (Å²) in [4.78, 5) is 14.3. The van der Waals surface area contributed by atoms with Gasteiger partial charge in [-0.3, -0.25) is 4.79 Å². The van der Waals surface area contributed by atoms with Crippen molar-refractivity contribution in [1.82, 2.24) is 0 Å². The Morgan fingerprint density at radius 1 is 1.03 bits per heavy atom. The van der Waals surface area contributed by atoms with Gasteiger partial charge in [-0.25, -0.2) is 0 Å². The van der Waals surface area contributed by atoms with Crippen molar-refractivity contribution >= 4 is 46.7 Å². The van der Waals surface area contributed by atoms with Crippen LogP contribution in [0.3, 0.4) is 0 Å². The maximum Gasteiger partial charge on any atom is 0.280 e. The zero-order valence-electron chi connectivity index (χ0n) is 16.3. The lowest BCUT2D eigenvalue weighted by molar-refractivity contribution is -0.114. The van der Waals surface area contributed by atoms with Gasteiger partial charge in [0, 0.05) is 15.7 Å². The minimum atomic E-state index is -0.143. The molecule has 0 radical (unpaired) electrons. The van der Waals surface area contributed by atoms with E-state index >= 15 is 0 Å². The number of hydrogen-bond acceptors (Lipinski definition) is 4. The van der Waals surface area contributed by atoms with E-state index in [1.165, 1.54) is 5.01 Å². The van der Waals surface area contributed by atoms with Gasteiger partial charge in [0.25, 0.3) is 5.91 Å². The maximum absolute atomic E-state index is 13.2. The molecule has 0 spiro atoms. The molecule has 3 aromatic rings. The normalized spacial score (nSPS) is 14.9. The Morgan fingerprint density at radius 3 is 2.53 bits per heavy atom. The lowest BCUT2D eigenvalue weighted by Gasteiger charge is -2.11. The number of amides is 1. The molecule has 1 amide bonds. The summed E-state index contributed by atoms with van der Waals surface area (Å²) < 4.78 is 5.31. The van der Waals surface area contributed by atoms with Crippen molar-refractivity contribution in [3.05, 3.63) is 95.0 Å². The molecular formula is C24H19ClN2O2S. The molecule has 0 saturated heterocycles. The molecule has 0 N–H and O–H groups in total. The predicted molar refractivity (Wildman–Crippen MR) is 125 cm³/mol. The minimum absolute atomic E-state index is 0.143. The number of ether oxygens (including phenoxy) is 1. The van der Waals surface area contributed by atoms with Crippen molar-refractivity contribution in [2.75, 3.05) is 17.9 Å². The van der Waals surface area contributed by atoms with E-state index < -0.39 is 0 Å². The van der Waals surface area contributed by atoms with Crippen molar-refractivity contribution < 1.29 is 9.53 Å². The maximum atomic E-state index is 13.2. The van der Waals surface area contributed by atoms with Crippen LogP contribution < -0.4 is 9.75 Å². The molecule has 0 saturated carbocycles. The van der Waals surface area contributed by atoms with Gasteiger partial charge in [0.15, 0.2) is 0 Å². The van der Waals surface area contributed by atoms with Crippen molar-refractivity contribution in [3.8, 4) is 5.75 Å². The third-order valence-corrected chi connectivity index (χ3v) is 5.82. The summed E-state index contributed by atoms with van der Waals surface area (Å²) in [6.45, 7) is 0. The summed E-state index contributed by atoms with van der Waals surface area (Å²) in [5, 5.41) is 6.80. The first kappa shape index (κ1) is 20.3. The standard InChI is InChI=1S/C24H19ClN2O2S/c1-29-20-9-5-6-17(14-20)15-22-23(16-30-21-12-10-18(25)11-13-21)26-27(24(22)28)19-7-3-2-4-8-19/h2-15H,16H2,1H3/b22-15+. The van der Waals surface area contributed by atoms with Crippen LogP contribution in [-0.4, -0.2) is 24.5 Å². The smallest absolute Gasteiger partial charge is 0.280 e. The molecule has 0 aromatic heterocycles. The van der Waals surface area contributed by atoms with Crippen molar-refractivity contribution in [2.45, 2.75) is 4.90 Å². The molecule has 3 aromatic carbocycles. The lowest BCUT2D eigenvalue weighted by atomic mass is 10.1. The Balaban J connectivity index is 1.66. The molecule has 0 bridgehead atoms. The summed E-state index contributed by atoms with van der Waals surface area (Å²) in [5.41, 5.74) is 2.93. The van der Waals surface area contributed by atoms with E-state index in [1.54, 1.807) is 18.9 Å². The van der Waals surface area contributed by atoms with Gasteiger partial charge in [-0.15, -0.1) is 11.8 Å². The van der Waals surface area contributed by atoms with Gasteiger partial charge in [-0.05, 0) is 60.2 Å². The Kier molecular flexibility index (Phi) is 6.21. The first-order valence-electron chi connectivity index (χ1n) is 9.35. The van der Waals surface area contributed by atoms with E-state index in [-0.39, 0.29) is 5.91 Å². The van der Waals surface area contributed by atoms with Gasteiger partial charge in [-0.1, -0.05) is 41.9 Å². The minimum Gasteiger partial charge on any atom is -0.497 e. The van der Waals surface area contributed by atoms with E-state index in [0.29, 0.717) is 16.3 Å². The monoisotopic (exact) mass is 434 g/mol. The molecule has 4 rings (SSSR count). The Hall–Kier alpha value is -3.02. The van der Waals surface area contributed by atoms with Gasteiger partial charge in [0.05, 0.1) is 24.1 Å². The number of para-hydroxylation sites is 1. The quantitative estimate of drug-likeness (QED) is 0.357. The molecule has 1 heterocycles. The molecule has 0 fully saturated rings. The molecule has 0 unspecified atom stereocenters. The van der Waals surface area contributed by atoms with Crippen LogP contribution in [0.5, 0.6) is 5.75 Å². The number of carbonyl (C=O) groups is 1. The Morgan fingerprint density at radius 2 is 1.80 bits per heavy atom. The van der Waals surface area contributed by atoms with Gasteiger partial charge in [-0.2, -0.15) is 10.1 Å². The van der Waals surface area contributed by atoms with Crippen LogP contribution in [0.4, 0.5) is 5.69 Å². The van der Waals surface area contributed by atoms with Crippen molar-refractivity contribution in [2.24, 2.45) is 5.10 Å². The molecule has 30 heavy (non-hydrogen) atoms. The highest BCUT2D eigenvalue weighted by atomic mass is 35.5. The van der Waals surface area contributed by atoms with Crippen LogP contribution in [-0.2, 0) is 4.79 Å². The molecule has 150 valence electrons. The topological polar surface area (TPSA) is 41.9 Å². The fourth-order valence-electron chi connectivity index (χ4n) is 3.03. The number of carbonyl (C=O) groups excluding carboxylic acids is 1. The first-order chi connectivity index (χ1) is 14.6. The van der Waals surface area contributed by atoms with Crippen LogP contribution in [0.15, 0.2) is 94.4 Å². The first-order valence-corrected chi connectivity index (χ1v) is 10.7. The highest BCUT2D eigenvalue weighted by Gasteiger charge is 2.31. The highest BCUT2D eigenvalue weighted by Crippen LogP contribution is 2.29. The number of nitrogens with zero attached hydrogens (tertiary/aromatic N) is 2. The third-order valence-electron chi connectivity index (χ3n) is 4.55. The van der Waals surface area contributed by atoms with Gasteiger partial charge < -0.3 is 4.74 Å². The second kappa shape index (κ2) is 9.20. The molecule has 1 aliphatic heterocycles. The third kappa shape index (κ3) is 4.58. The number of halogens is 1. The summed E-state index contributed by atoms with van der Waals surface area (Å²) in [5.74, 6) is 1.16. The van der Waals surface area contributed by atoms with Crippen LogP contribution in [0.2, 0.25) is 5.02 Å². The van der Waals surface area contributed by atoms with E-state index in [0.717, 1.165) is 27.6 Å². The van der Waals surface area contributed by atoms with Crippen LogP contribution in [0.25, 0.3) is 6.08 Å². The molecule has 0 atom stereocenters. The average Bonchev–Trinajstić information content (AvgIpc) is 3.09. The predicted octanol–water partition coefficient (Wildman–Crippen LogP) is 5.93. The SMILES string of the molecule is COc1cccc(/C=C2/C(=O)N(c3ccccc3)N=C2CSc2ccc(Cl)cc2)c1. The van der Waals surface area contributed by atoms with Crippen molar-refractivity contribution in [3.63, 3.8) is 0 Å². The summed E-state index contributed by atoms with van der Waals surface area (Å²) >= 11 is 7.59. The fourth-order valence-corrected chi connectivity index (χ4v) is 4.00. The second-order valence-electron chi connectivity index (χ2n) is 6.58. The zero-order chi connectivity index (χ0) is 20.9. The Labute approximate surface area is 184 Å². The van der Waals surface area contributed by atoms with E-state index in [2.05, 4.69) is 5.10 Å². The number of thioether (sulfide) groups is 1. The number of anilines is 1. The average molecular weight is 435 g/mol. The number of hydrazone groups is 1. The number of methoxy groups -OCH3 is 1. The summed E-state index contributed by atoms with van der Waals surface area (Å²) in [7, 11) is 1.62. The van der Waals surface area contributed by atoms with Gasteiger partial charge in [0.1, 0.15) is 5.75 Å². The van der Waals surface area contributed by atoms with E-state index in [1.807, 2.05) is 84.9 Å². The van der Waals surface area contributed by atoms with Crippen molar-refractivity contribution in [1.29, 1.82) is 0 Å². The molecule has 0 aliphatic carbocycles. The van der Waals surface area contributed by atoms with Gasteiger partial charge >= 0.3 is 0 Å². The highest BCUT2D eigenvalue weighted by molar-refractivity contribution is 8.00. The number of hydrogen-bond donors (Lipinski definition) is 0. The van der Waals surface area contributed by atoms with E-state index in [9.17, 15) is 4.79 Å². The molecule has 4 nitrogen and oxygen atoms in total. The largest absolute Gasteiger partial charge is 0.497 e. The Bertz CT molecular complexity index is 1110. The number of benzene rings is 3. The van der Waals surface area contributed by atoms with Crippen LogP contribution in [0.1, 0.15) is 5.56 Å². The zero-order valence-corrected chi connectivity index (χ0v) is 17.9. The van der Waals surface area contributed by atoms with Gasteiger partial charge in [0.2, 0.25) is 0 Å². The van der Waals surface area contributed by atoms with Crippen LogP contribution in [0, 0.1) is 0 Å². The fraction of sp³-hybridized carbons (Fsp3) is 0.0833. The molecule has 1 aliphatic rings. The number of rotatable bonds is 6. The summed E-state index contributed by atoms with van der Waals surface area (Å²) in [6.07, 6.45) is 1.87. The van der Waals surface area contributed by atoms with E-state index in [4.69, 9.17) is 16.3 Å². The molecule has 6 heteroatoms. The lowest BCUT2D eigenvalue weighted by Crippen LogP contribution is -2.21. The molecular weight excluding hydrogens is 416 g/mol. The summed E-state index contributed by atoms with van der Waals surface area (Å²) in [6, 6.07) is 24.7. The second-order valence-corrected chi connectivity index (χ2v) is 8.06.